The lowest BCUT2D eigenvalue weighted by Crippen LogP contribution is -2.05. The number of hydrogen-bond acceptors (Lipinski definition) is 6. The molecule has 36 heavy (non-hydrogen) atoms. The van der Waals surface area contributed by atoms with Crippen LogP contribution in [0.25, 0.3) is 11.1 Å². The van der Waals surface area contributed by atoms with Gasteiger partial charge in [0, 0.05) is 5.56 Å². The highest BCUT2D eigenvalue weighted by Gasteiger charge is 2.29. The fourth-order valence-corrected chi connectivity index (χ4v) is 4.08. The first kappa shape index (κ1) is 24.9. The average molecular weight is 487 g/mol. The third-order valence-corrected chi connectivity index (χ3v) is 5.80. The van der Waals surface area contributed by atoms with E-state index in [1.807, 2.05) is 84.9 Å². The van der Waals surface area contributed by atoms with Gasteiger partial charge in [-0.15, -0.1) is 0 Å². The maximum absolute atomic E-state index is 11.5. The number of phenolic OH excluding ortho intramolecular Hbond substituents is 1. The van der Waals surface area contributed by atoms with Crippen molar-refractivity contribution in [3.05, 3.63) is 102 Å². The number of aromatic hydroxyl groups is 1. The minimum Gasteiger partial charge on any atom is -0.507 e. The Morgan fingerprint density at radius 2 is 1.14 bits per heavy atom. The molecule has 0 bridgehead atoms. The molecule has 0 heterocycles. The molecule has 0 fully saturated rings. The Labute approximate surface area is 211 Å². The molecule has 0 aliphatic rings. The fraction of sp³-hybridized carbons (Fsp3) is 0.200. The number of para-hydroxylation sites is 1. The molecule has 6 heteroatoms. The fourth-order valence-electron chi connectivity index (χ4n) is 4.08. The van der Waals surface area contributed by atoms with Crippen LogP contribution in [0, 0.1) is 0 Å². The predicted octanol–water partition coefficient (Wildman–Crippen LogP) is 6.38. The molecule has 0 atom stereocenters. The normalized spacial score (nSPS) is 10.6. The third kappa shape index (κ3) is 5.39. The molecule has 6 nitrogen and oxygen atoms in total. The van der Waals surface area contributed by atoms with Crippen LogP contribution < -0.4 is 18.9 Å². The number of benzene rings is 4. The molecular formula is C30H30O6. The van der Waals surface area contributed by atoms with Gasteiger partial charge in [0.05, 0.1) is 45.7 Å². The Hall–Kier alpha value is -4.16. The van der Waals surface area contributed by atoms with Gasteiger partial charge in [0.15, 0.2) is 11.5 Å². The van der Waals surface area contributed by atoms with E-state index in [9.17, 15) is 5.11 Å². The van der Waals surface area contributed by atoms with Gasteiger partial charge in [-0.05, 0) is 17.2 Å². The van der Waals surface area contributed by atoms with Crippen molar-refractivity contribution >= 4 is 0 Å². The minimum absolute atomic E-state index is 0.0201. The van der Waals surface area contributed by atoms with Crippen molar-refractivity contribution in [3.63, 3.8) is 0 Å². The zero-order chi connectivity index (χ0) is 25.3. The Bertz CT molecular complexity index is 1270. The lowest BCUT2D eigenvalue weighted by molar-refractivity contribution is 0.103. The molecule has 0 spiro atoms. The molecular weight excluding hydrogens is 456 g/mol. The molecule has 4 aromatic rings. The lowest BCUT2D eigenvalue weighted by Gasteiger charge is -2.22. The van der Waals surface area contributed by atoms with Crippen LogP contribution >= 0.6 is 0 Å². The molecule has 0 unspecified atom stereocenters. The van der Waals surface area contributed by atoms with Gasteiger partial charge in [-0.1, -0.05) is 78.9 Å². The largest absolute Gasteiger partial charge is 0.507 e. The van der Waals surface area contributed by atoms with Gasteiger partial charge in [0.1, 0.15) is 18.1 Å². The van der Waals surface area contributed by atoms with Crippen molar-refractivity contribution in [2.45, 2.75) is 19.8 Å². The van der Waals surface area contributed by atoms with Crippen molar-refractivity contribution in [2.75, 3.05) is 21.3 Å². The summed E-state index contributed by atoms with van der Waals surface area (Å²) < 4.78 is 29.2. The van der Waals surface area contributed by atoms with E-state index in [1.165, 1.54) is 21.3 Å². The van der Waals surface area contributed by atoms with Crippen molar-refractivity contribution < 1.29 is 28.8 Å². The zero-order valence-electron chi connectivity index (χ0n) is 20.7. The van der Waals surface area contributed by atoms with Crippen LogP contribution in [0.15, 0.2) is 84.9 Å². The highest BCUT2D eigenvalue weighted by atomic mass is 16.5. The quantitative estimate of drug-likeness (QED) is 0.265. The molecule has 0 aromatic heterocycles. The lowest BCUT2D eigenvalue weighted by atomic mass is 9.97. The summed E-state index contributed by atoms with van der Waals surface area (Å²) in [5.74, 6) is 1.64. The van der Waals surface area contributed by atoms with Crippen LogP contribution in [0.4, 0.5) is 0 Å². The first-order valence-corrected chi connectivity index (χ1v) is 11.6. The summed E-state index contributed by atoms with van der Waals surface area (Å²) >= 11 is 0. The average Bonchev–Trinajstić information content (AvgIpc) is 2.93. The minimum atomic E-state index is -0.0201. The molecule has 4 rings (SSSR count). The predicted molar refractivity (Wildman–Crippen MR) is 139 cm³/mol. The van der Waals surface area contributed by atoms with E-state index < -0.39 is 0 Å². The maximum Gasteiger partial charge on any atom is 0.204 e. The van der Waals surface area contributed by atoms with Gasteiger partial charge >= 0.3 is 0 Å². The summed E-state index contributed by atoms with van der Waals surface area (Å²) in [5, 5.41) is 11.5. The Kier molecular flexibility index (Phi) is 8.32. The standard InChI is InChI=1S/C30H30O6/c1-32-28-24(20-35-18-21-12-6-4-7-13-21)27(31)26(29(33-2)30(28)34-3)23-16-10-11-17-25(23)36-19-22-14-8-5-9-15-22/h4-17,31H,18-20H2,1-3H3. The van der Waals surface area contributed by atoms with Gasteiger partial charge < -0.3 is 28.8 Å². The third-order valence-electron chi connectivity index (χ3n) is 5.80. The van der Waals surface area contributed by atoms with Gasteiger partial charge in [-0.3, -0.25) is 0 Å². The van der Waals surface area contributed by atoms with Crippen molar-refractivity contribution in [3.8, 4) is 39.9 Å². The first-order valence-electron chi connectivity index (χ1n) is 11.6. The molecule has 0 aliphatic carbocycles. The van der Waals surface area contributed by atoms with E-state index in [4.69, 9.17) is 23.7 Å². The molecule has 186 valence electrons. The molecule has 0 radical (unpaired) electrons. The Balaban J connectivity index is 1.75. The summed E-state index contributed by atoms with van der Waals surface area (Å²) in [5.41, 5.74) is 3.62. The number of phenols is 1. The van der Waals surface area contributed by atoms with Crippen LogP contribution in [-0.2, 0) is 24.6 Å². The van der Waals surface area contributed by atoms with Crippen molar-refractivity contribution in [2.24, 2.45) is 0 Å². The van der Waals surface area contributed by atoms with E-state index in [2.05, 4.69) is 0 Å². The number of ether oxygens (including phenoxy) is 5. The monoisotopic (exact) mass is 486 g/mol. The second kappa shape index (κ2) is 12.0. The van der Waals surface area contributed by atoms with Crippen LogP contribution in [0.2, 0.25) is 0 Å². The molecule has 0 saturated carbocycles. The summed E-state index contributed by atoms with van der Waals surface area (Å²) in [4.78, 5) is 0. The number of methoxy groups -OCH3 is 3. The zero-order valence-corrected chi connectivity index (χ0v) is 20.7. The second-order valence-electron chi connectivity index (χ2n) is 8.05. The van der Waals surface area contributed by atoms with Crippen LogP contribution in [0.3, 0.4) is 0 Å². The molecule has 1 N–H and O–H groups in total. The summed E-state index contributed by atoms with van der Waals surface area (Å²) in [6.07, 6.45) is 0. The molecule has 0 amide bonds. The first-order chi connectivity index (χ1) is 17.7. The van der Waals surface area contributed by atoms with E-state index >= 15 is 0 Å². The molecule has 4 aromatic carbocycles. The Morgan fingerprint density at radius 1 is 0.583 bits per heavy atom. The number of hydrogen-bond donors (Lipinski definition) is 1. The summed E-state index contributed by atoms with van der Waals surface area (Å²) in [6, 6.07) is 27.2. The van der Waals surface area contributed by atoms with Crippen molar-refractivity contribution in [1.29, 1.82) is 0 Å². The van der Waals surface area contributed by atoms with Crippen LogP contribution in [0.5, 0.6) is 28.7 Å². The van der Waals surface area contributed by atoms with Crippen LogP contribution in [0.1, 0.15) is 16.7 Å². The van der Waals surface area contributed by atoms with Crippen molar-refractivity contribution in [1.82, 2.24) is 0 Å². The van der Waals surface area contributed by atoms with Gasteiger partial charge in [-0.25, -0.2) is 0 Å². The van der Waals surface area contributed by atoms with E-state index in [0.29, 0.717) is 52.9 Å². The van der Waals surface area contributed by atoms with E-state index in [0.717, 1.165) is 11.1 Å². The summed E-state index contributed by atoms with van der Waals surface area (Å²) in [6.45, 7) is 0.857. The second-order valence-corrected chi connectivity index (χ2v) is 8.05. The summed E-state index contributed by atoms with van der Waals surface area (Å²) in [7, 11) is 4.58. The van der Waals surface area contributed by atoms with Gasteiger partial charge in [0.2, 0.25) is 5.75 Å². The maximum atomic E-state index is 11.5. The van der Waals surface area contributed by atoms with Crippen LogP contribution in [-0.4, -0.2) is 26.4 Å². The van der Waals surface area contributed by atoms with Gasteiger partial charge in [-0.2, -0.15) is 0 Å². The highest BCUT2D eigenvalue weighted by Crippen LogP contribution is 2.54. The van der Waals surface area contributed by atoms with E-state index in [1.54, 1.807) is 0 Å². The highest BCUT2D eigenvalue weighted by molar-refractivity contribution is 5.87. The topological polar surface area (TPSA) is 66.4 Å². The van der Waals surface area contributed by atoms with Gasteiger partial charge in [0.25, 0.3) is 0 Å². The smallest absolute Gasteiger partial charge is 0.204 e. The Morgan fingerprint density at radius 3 is 1.75 bits per heavy atom. The number of rotatable bonds is 11. The molecule has 0 aliphatic heterocycles. The van der Waals surface area contributed by atoms with E-state index in [-0.39, 0.29) is 12.4 Å². The SMILES string of the molecule is COc1c(COCc2ccccc2)c(O)c(-c2ccccc2OCc2ccccc2)c(OC)c1OC. The molecule has 0 saturated heterocycles.